The number of carbonyl (C=O) groups excluding carboxylic acids is 1. The maximum Gasteiger partial charge on any atom is 0.243 e. The third kappa shape index (κ3) is 4.63. The molecule has 26 heavy (non-hydrogen) atoms. The lowest BCUT2D eigenvalue weighted by molar-refractivity contribution is -0.116. The summed E-state index contributed by atoms with van der Waals surface area (Å²) in [5.41, 5.74) is 1.47. The summed E-state index contributed by atoms with van der Waals surface area (Å²) in [6.07, 6.45) is 2.64. The van der Waals surface area contributed by atoms with Gasteiger partial charge in [0, 0.05) is 30.2 Å². The highest BCUT2D eigenvalue weighted by molar-refractivity contribution is 7.89. The molecule has 1 aliphatic heterocycles. The Morgan fingerprint density at radius 2 is 1.81 bits per heavy atom. The van der Waals surface area contributed by atoms with Crippen LogP contribution in [0.4, 0.5) is 5.69 Å². The lowest BCUT2D eigenvalue weighted by Crippen LogP contribution is -2.27. The molecule has 0 aromatic heterocycles. The third-order valence-electron chi connectivity index (χ3n) is 4.35. The van der Waals surface area contributed by atoms with E-state index in [9.17, 15) is 13.2 Å². The van der Waals surface area contributed by atoms with Gasteiger partial charge in [-0.25, -0.2) is 8.42 Å². The Hall–Kier alpha value is -1.89. The van der Waals surface area contributed by atoms with E-state index in [0.29, 0.717) is 36.6 Å². The van der Waals surface area contributed by atoms with E-state index >= 15 is 0 Å². The fourth-order valence-electron chi connectivity index (χ4n) is 2.99. The zero-order chi connectivity index (χ0) is 18.6. The van der Waals surface area contributed by atoms with E-state index < -0.39 is 10.0 Å². The largest absolute Gasteiger partial charge is 0.326 e. The zero-order valence-corrected chi connectivity index (χ0v) is 15.9. The first-order valence-corrected chi connectivity index (χ1v) is 10.4. The van der Waals surface area contributed by atoms with E-state index in [0.717, 1.165) is 18.4 Å². The minimum absolute atomic E-state index is 0.166. The fourth-order valence-corrected chi connectivity index (χ4v) is 4.76. The molecule has 7 heteroatoms. The molecule has 0 atom stereocenters. The maximum absolute atomic E-state index is 12.6. The highest BCUT2D eigenvalue weighted by Crippen LogP contribution is 2.23. The van der Waals surface area contributed by atoms with Crippen molar-refractivity contribution in [1.82, 2.24) is 4.31 Å². The molecule has 0 unspecified atom stereocenters. The van der Waals surface area contributed by atoms with Gasteiger partial charge in [-0.3, -0.25) is 4.79 Å². The number of halogens is 1. The van der Waals surface area contributed by atoms with Crippen molar-refractivity contribution in [3.8, 4) is 0 Å². The van der Waals surface area contributed by atoms with Crippen LogP contribution in [0.15, 0.2) is 53.4 Å². The second-order valence-electron chi connectivity index (χ2n) is 6.32. The number of amides is 1. The van der Waals surface area contributed by atoms with Crippen LogP contribution in [-0.4, -0.2) is 31.7 Å². The highest BCUT2D eigenvalue weighted by Gasteiger charge is 2.27. The SMILES string of the molecule is O=C(CCc1cccc(Cl)c1)Nc1cccc(S(=O)(=O)N2CCCC2)c1. The third-order valence-corrected chi connectivity index (χ3v) is 6.48. The van der Waals surface area contributed by atoms with Crippen molar-refractivity contribution in [3.63, 3.8) is 0 Å². The summed E-state index contributed by atoms with van der Waals surface area (Å²) in [6.45, 7) is 1.11. The predicted octanol–water partition coefficient (Wildman–Crippen LogP) is 3.70. The molecule has 1 saturated heterocycles. The Morgan fingerprint density at radius 1 is 1.08 bits per heavy atom. The van der Waals surface area contributed by atoms with E-state index in [-0.39, 0.29) is 10.8 Å². The molecular formula is C19H21ClN2O3S. The van der Waals surface area contributed by atoms with Crippen LogP contribution < -0.4 is 5.32 Å². The molecule has 5 nitrogen and oxygen atoms in total. The molecule has 0 saturated carbocycles. The first-order valence-electron chi connectivity index (χ1n) is 8.60. The molecule has 1 aliphatic rings. The molecule has 0 radical (unpaired) electrons. The van der Waals surface area contributed by atoms with Crippen LogP contribution in [0.1, 0.15) is 24.8 Å². The molecule has 1 amide bonds. The Kier molecular flexibility index (Phi) is 5.96. The molecule has 1 N–H and O–H groups in total. The molecule has 2 aromatic carbocycles. The zero-order valence-electron chi connectivity index (χ0n) is 14.3. The molecule has 0 aliphatic carbocycles. The van der Waals surface area contributed by atoms with Crippen LogP contribution in [-0.2, 0) is 21.2 Å². The fraction of sp³-hybridized carbons (Fsp3) is 0.316. The minimum atomic E-state index is -3.49. The minimum Gasteiger partial charge on any atom is -0.326 e. The van der Waals surface area contributed by atoms with Crippen LogP contribution in [0, 0.1) is 0 Å². The lowest BCUT2D eigenvalue weighted by Gasteiger charge is -2.16. The van der Waals surface area contributed by atoms with E-state index in [4.69, 9.17) is 11.6 Å². The summed E-state index contributed by atoms with van der Waals surface area (Å²) in [5.74, 6) is -0.166. The van der Waals surface area contributed by atoms with E-state index in [2.05, 4.69) is 5.32 Å². The van der Waals surface area contributed by atoms with Crippen LogP contribution in [0.3, 0.4) is 0 Å². The van der Waals surface area contributed by atoms with Crippen molar-refractivity contribution in [1.29, 1.82) is 0 Å². The molecule has 0 spiro atoms. The number of nitrogens with one attached hydrogen (secondary N) is 1. The van der Waals surface area contributed by atoms with Crippen molar-refractivity contribution in [2.45, 2.75) is 30.6 Å². The summed E-state index contributed by atoms with van der Waals surface area (Å²) in [7, 11) is -3.49. The number of nitrogens with zero attached hydrogens (tertiary/aromatic N) is 1. The van der Waals surface area contributed by atoms with Gasteiger partial charge in [0.1, 0.15) is 0 Å². The number of benzene rings is 2. The number of aryl methyl sites for hydroxylation is 1. The first kappa shape index (κ1) is 18.9. The average Bonchev–Trinajstić information content (AvgIpc) is 3.16. The van der Waals surface area contributed by atoms with Crippen molar-refractivity contribution >= 4 is 33.2 Å². The van der Waals surface area contributed by atoms with Crippen LogP contribution in [0.5, 0.6) is 0 Å². The van der Waals surface area contributed by atoms with Gasteiger partial charge in [-0.2, -0.15) is 4.31 Å². The lowest BCUT2D eigenvalue weighted by atomic mass is 10.1. The Morgan fingerprint density at radius 3 is 2.54 bits per heavy atom. The highest BCUT2D eigenvalue weighted by atomic mass is 35.5. The van der Waals surface area contributed by atoms with Gasteiger partial charge in [0.15, 0.2) is 0 Å². The van der Waals surface area contributed by atoms with Gasteiger partial charge in [0.25, 0.3) is 0 Å². The summed E-state index contributed by atoms with van der Waals surface area (Å²) in [6, 6.07) is 13.8. The molecule has 1 heterocycles. The average molecular weight is 393 g/mol. The van der Waals surface area contributed by atoms with Crippen molar-refractivity contribution < 1.29 is 13.2 Å². The van der Waals surface area contributed by atoms with Crippen LogP contribution in [0.2, 0.25) is 5.02 Å². The van der Waals surface area contributed by atoms with Crippen molar-refractivity contribution in [3.05, 3.63) is 59.1 Å². The summed E-state index contributed by atoms with van der Waals surface area (Å²) in [4.78, 5) is 12.4. The summed E-state index contributed by atoms with van der Waals surface area (Å²) in [5, 5.41) is 3.42. The molecule has 1 fully saturated rings. The standard InChI is InChI=1S/C19H21ClN2O3S/c20-16-6-3-5-15(13-16)9-10-19(23)21-17-7-4-8-18(14-17)26(24,25)22-11-1-2-12-22/h3-8,13-14H,1-2,9-12H2,(H,21,23). The van der Waals surface area contributed by atoms with Gasteiger partial charge in [0.05, 0.1) is 4.90 Å². The van der Waals surface area contributed by atoms with Crippen molar-refractivity contribution in [2.75, 3.05) is 18.4 Å². The van der Waals surface area contributed by atoms with E-state index in [1.54, 1.807) is 24.3 Å². The second-order valence-corrected chi connectivity index (χ2v) is 8.69. The summed E-state index contributed by atoms with van der Waals surface area (Å²) >= 11 is 5.94. The summed E-state index contributed by atoms with van der Waals surface area (Å²) < 4.78 is 26.7. The Bertz CT molecular complexity index is 893. The monoisotopic (exact) mass is 392 g/mol. The van der Waals surface area contributed by atoms with Gasteiger partial charge in [-0.15, -0.1) is 0 Å². The number of rotatable bonds is 6. The molecule has 0 bridgehead atoms. The topological polar surface area (TPSA) is 66.5 Å². The number of hydrogen-bond donors (Lipinski definition) is 1. The smallest absolute Gasteiger partial charge is 0.243 e. The first-order chi connectivity index (χ1) is 12.4. The van der Waals surface area contributed by atoms with Crippen LogP contribution >= 0.6 is 11.6 Å². The number of anilines is 1. The normalized spacial score (nSPS) is 15.1. The quantitative estimate of drug-likeness (QED) is 0.815. The number of carbonyl (C=O) groups is 1. The van der Waals surface area contributed by atoms with E-state index in [1.165, 1.54) is 10.4 Å². The number of hydrogen-bond acceptors (Lipinski definition) is 3. The van der Waals surface area contributed by atoms with Gasteiger partial charge >= 0.3 is 0 Å². The molecule has 2 aromatic rings. The predicted molar refractivity (Wildman–Crippen MR) is 103 cm³/mol. The maximum atomic E-state index is 12.6. The van der Waals surface area contributed by atoms with E-state index in [1.807, 2.05) is 18.2 Å². The van der Waals surface area contributed by atoms with Crippen LogP contribution in [0.25, 0.3) is 0 Å². The Balaban J connectivity index is 1.64. The van der Waals surface area contributed by atoms with Crippen molar-refractivity contribution in [2.24, 2.45) is 0 Å². The van der Waals surface area contributed by atoms with Gasteiger partial charge < -0.3 is 5.32 Å². The van der Waals surface area contributed by atoms with Gasteiger partial charge in [-0.05, 0) is 55.2 Å². The molecular weight excluding hydrogens is 372 g/mol. The second kappa shape index (κ2) is 8.20. The Labute approximate surface area is 159 Å². The number of sulfonamides is 1. The van der Waals surface area contributed by atoms with Gasteiger partial charge in [0.2, 0.25) is 15.9 Å². The molecule has 138 valence electrons. The molecule has 3 rings (SSSR count). The van der Waals surface area contributed by atoms with Gasteiger partial charge in [-0.1, -0.05) is 29.8 Å².